The molecule has 0 amide bonds. The fourth-order valence-corrected chi connectivity index (χ4v) is 1.70. The summed E-state index contributed by atoms with van der Waals surface area (Å²) in [6.45, 7) is 1.76. The molecule has 0 aliphatic rings. The number of diazo groups is 1. The molecule has 0 saturated carbocycles. The average Bonchev–Trinajstić information content (AvgIpc) is 2.53. The van der Waals surface area contributed by atoms with Crippen LogP contribution in [0.15, 0.2) is 5.38 Å². The van der Waals surface area contributed by atoms with E-state index in [-0.39, 0.29) is 0 Å². The summed E-state index contributed by atoms with van der Waals surface area (Å²) in [4.78, 5) is 14.4. The Bertz CT molecular complexity index is 520. The maximum atomic E-state index is 11.0. The van der Waals surface area contributed by atoms with Gasteiger partial charge in [-0.1, -0.05) is 0 Å². The monoisotopic (exact) mass is 328 g/mol. The van der Waals surface area contributed by atoms with Crippen LogP contribution in [0.2, 0.25) is 0 Å². The molecule has 0 bridgehead atoms. The summed E-state index contributed by atoms with van der Waals surface area (Å²) in [6.07, 6.45) is 0. The second-order valence-corrected chi connectivity index (χ2v) is 5.94. The molecule has 0 radical (unpaired) electrons. The van der Waals surface area contributed by atoms with Crippen molar-refractivity contribution in [3.05, 3.63) is 20.8 Å². The van der Waals surface area contributed by atoms with Gasteiger partial charge in [-0.2, -0.15) is 0 Å². The molecule has 4 nitrogen and oxygen atoms in total. The van der Waals surface area contributed by atoms with Gasteiger partial charge in [0.05, 0.1) is 12.7 Å². The molecule has 12 heteroatoms. The van der Waals surface area contributed by atoms with Gasteiger partial charge in [-0.25, -0.2) is 4.79 Å². The minimum atomic E-state index is -10.7. The van der Waals surface area contributed by atoms with Crippen molar-refractivity contribution in [1.29, 1.82) is 5.39 Å². The number of thiophene rings is 1. The normalized spacial score (nSPS) is 14.3. The first kappa shape index (κ1) is 17.6. The van der Waals surface area contributed by atoms with Gasteiger partial charge < -0.3 is 4.74 Å². The molecule has 0 aliphatic carbocycles. The van der Waals surface area contributed by atoms with E-state index in [0.29, 0.717) is 10.6 Å². The molecule has 0 aromatic carbocycles. The number of carbonyl (C=O) groups excluding carboxylic acids is 1. The van der Waals surface area contributed by atoms with Crippen molar-refractivity contribution in [1.82, 2.24) is 0 Å². The zero-order chi connectivity index (χ0) is 15.5. The number of esters is 1. The van der Waals surface area contributed by atoms with E-state index in [0.717, 1.165) is 5.56 Å². The van der Waals surface area contributed by atoms with Crippen molar-refractivity contribution in [2.24, 2.45) is 0 Å². The molecule has 1 rings (SSSR count). The third kappa shape index (κ3) is 9.21. The Labute approximate surface area is 106 Å². The van der Waals surface area contributed by atoms with Gasteiger partial charge >= 0.3 is 44.6 Å². The topological polar surface area (TPSA) is 54.5 Å². The SMILES string of the molecule is COC(=O)c1scc(C)c1[N+]#N.F[P-](F)(F)(F)(F)F. The quantitative estimate of drug-likeness (QED) is 0.287. The molecule has 0 unspecified atom stereocenters. The van der Waals surface area contributed by atoms with E-state index in [1.807, 2.05) is 0 Å². The van der Waals surface area contributed by atoms with Gasteiger partial charge in [0.1, 0.15) is 0 Å². The number of hydrogen-bond donors (Lipinski definition) is 0. The van der Waals surface area contributed by atoms with Crippen LogP contribution < -0.4 is 0 Å². The average molecular weight is 328 g/mol. The Balaban J connectivity index is 0.000000399. The first-order valence-corrected chi connectivity index (χ1v) is 7.14. The molecule has 1 aromatic rings. The summed E-state index contributed by atoms with van der Waals surface area (Å²) < 4.78 is 63.7. The van der Waals surface area contributed by atoms with Crippen LogP contribution >= 0.6 is 19.1 Å². The molecule has 0 atom stereocenters. The summed E-state index contributed by atoms with van der Waals surface area (Å²) in [6, 6.07) is 0. The van der Waals surface area contributed by atoms with E-state index in [9.17, 15) is 30.0 Å². The van der Waals surface area contributed by atoms with Gasteiger partial charge in [-0.05, 0) is 6.92 Å². The maximum absolute atomic E-state index is 11.0. The third-order valence-corrected chi connectivity index (χ3v) is 2.48. The third-order valence-electron chi connectivity index (χ3n) is 1.41. The predicted molar refractivity (Wildman–Crippen MR) is 58.7 cm³/mol. The Kier molecular flexibility index (Phi) is 4.27. The van der Waals surface area contributed by atoms with Crippen LogP contribution in [0.5, 0.6) is 0 Å². The van der Waals surface area contributed by atoms with E-state index in [2.05, 4.69) is 9.71 Å². The van der Waals surface area contributed by atoms with E-state index in [1.165, 1.54) is 18.4 Å². The number of rotatable bonds is 1. The first-order chi connectivity index (χ1) is 8.15. The molecule has 1 aromatic heterocycles. The molecule has 19 heavy (non-hydrogen) atoms. The number of halogens is 6. The molecular weight excluding hydrogens is 321 g/mol. The molecule has 0 N–H and O–H groups in total. The standard InChI is InChI=1S/C7H7N2O2S.F6P/c1-4-3-12-6(5(4)9-8)7(10)11-2;1-7(2,3,4,5)6/h3H,1-2H3;/q+1;-1. The molecule has 0 fully saturated rings. The van der Waals surface area contributed by atoms with E-state index < -0.39 is 13.8 Å². The summed E-state index contributed by atoms with van der Waals surface area (Å²) in [5, 5.41) is 10.3. The van der Waals surface area contributed by atoms with Crippen molar-refractivity contribution in [3.63, 3.8) is 0 Å². The van der Waals surface area contributed by atoms with Crippen molar-refractivity contribution in [2.75, 3.05) is 7.11 Å². The minimum absolute atomic E-state index is 0.298. The molecular formula is C7H7F6N2O2PS. The molecule has 0 spiro atoms. The van der Waals surface area contributed by atoms with Crippen LogP contribution in [-0.4, -0.2) is 13.1 Å². The first-order valence-electron chi connectivity index (χ1n) is 4.23. The van der Waals surface area contributed by atoms with Crippen LogP contribution in [0.4, 0.5) is 30.9 Å². The van der Waals surface area contributed by atoms with E-state index >= 15 is 0 Å². The van der Waals surface area contributed by atoms with Gasteiger partial charge in [0.15, 0.2) is 4.98 Å². The second kappa shape index (κ2) is 4.61. The number of ether oxygens (including phenoxy) is 1. The van der Waals surface area contributed by atoms with Gasteiger partial charge in [0.2, 0.25) is 10.3 Å². The summed E-state index contributed by atoms with van der Waals surface area (Å²) in [5.41, 5.74) is 1.06. The van der Waals surface area contributed by atoms with Gasteiger partial charge in [0, 0.05) is 5.38 Å². The van der Waals surface area contributed by atoms with Crippen molar-refractivity contribution in [2.45, 2.75) is 6.92 Å². The molecule has 110 valence electrons. The Morgan fingerprint density at radius 3 is 2.05 bits per heavy atom. The van der Waals surface area contributed by atoms with Gasteiger partial charge in [-0.15, -0.1) is 11.3 Å². The number of nitrogens with zero attached hydrogens (tertiary/aromatic N) is 2. The molecule has 0 aliphatic heterocycles. The van der Waals surface area contributed by atoms with Crippen LogP contribution in [0.25, 0.3) is 4.98 Å². The zero-order valence-corrected chi connectivity index (χ0v) is 11.1. The predicted octanol–water partition coefficient (Wildman–Crippen LogP) is 5.71. The number of aryl methyl sites for hydroxylation is 1. The molecule has 0 saturated heterocycles. The van der Waals surface area contributed by atoms with Crippen molar-refractivity contribution < 1.29 is 34.7 Å². The zero-order valence-electron chi connectivity index (χ0n) is 9.41. The fraction of sp³-hybridized carbons (Fsp3) is 0.286. The Morgan fingerprint density at radius 2 is 1.74 bits per heavy atom. The molecule has 1 heterocycles. The van der Waals surface area contributed by atoms with Crippen LogP contribution in [0.1, 0.15) is 15.2 Å². The number of carbonyl (C=O) groups is 1. The number of methoxy groups -OCH3 is 1. The Hall–Kier alpha value is -1.40. The second-order valence-electron chi connectivity index (χ2n) is 3.15. The number of hydrogen-bond acceptors (Lipinski definition) is 4. The summed E-state index contributed by atoms with van der Waals surface area (Å²) >= 11 is 1.21. The summed E-state index contributed by atoms with van der Waals surface area (Å²) in [7, 11) is -9.37. The van der Waals surface area contributed by atoms with Crippen LogP contribution in [0.3, 0.4) is 0 Å². The van der Waals surface area contributed by atoms with Crippen molar-refractivity contribution >= 4 is 30.8 Å². The van der Waals surface area contributed by atoms with Crippen LogP contribution in [0, 0.1) is 12.3 Å². The van der Waals surface area contributed by atoms with E-state index in [4.69, 9.17) is 5.39 Å². The summed E-state index contributed by atoms with van der Waals surface area (Å²) in [5.74, 6) is -0.471. The van der Waals surface area contributed by atoms with Gasteiger partial charge in [0.25, 0.3) is 0 Å². The fourth-order valence-electron chi connectivity index (χ4n) is 0.800. The van der Waals surface area contributed by atoms with E-state index in [1.54, 1.807) is 12.3 Å². The Morgan fingerprint density at radius 1 is 1.32 bits per heavy atom. The van der Waals surface area contributed by atoms with Crippen LogP contribution in [-0.2, 0) is 4.74 Å². The van der Waals surface area contributed by atoms with Gasteiger partial charge in [-0.3, -0.25) is 0 Å². The van der Waals surface area contributed by atoms with Crippen molar-refractivity contribution in [3.8, 4) is 0 Å².